The zero-order chi connectivity index (χ0) is 10.4. The van der Waals surface area contributed by atoms with Crippen LogP contribution >= 0.6 is 0 Å². The summed E-state index contributed by atoms with van der Waals surface area (Å²) in [5, 5.41) is 3.12. The van der Waals surface area contributed by atoms with E-state index in [4.69, 9.17) is 0 Å². The third-order valence-corrected chi connectivity index (χ3v) is 2.36. The molecule has 1 unspecified atom stereocenters. The van der Waals surface area contributed by atoms with E-state index in [0.717, 1.165) is 24.9 Å². The van der Waals surface area contributed by atoms with Crippen LogP contribution in [0.15, 0.2) is 24.3 Å². The summed E-state index contributed by atoms with van der Waals surface area (Å²) >= 11 is 0. The van der Waals surface area contributed by atoms with Crippen molar-refractivity contribution in [2.24, 2.45) is 5.92 Å². The first-order valence-electron chi connectivity index (χ1n) is 5.11. The summed E-state index contributed by atoms with van der Waals surface area (Å²) in [6.07, 6.45) is 2.09. The number of nitrogens with one attached hydrogen (secondary N) is 1. The third kappa shape index (κ3) is 3.88. The maximum Gasteiger partial charge on any atom is 0.123 e. The lowest BCUT2D eigenvalue weighted by molar-refractivity contribution is 0.513. The van der Waals surface area contributed by atoms with E-state index in [2.05, 4.69) is 12.2 Å². The molecule has 78 valence electrons. The van der Waals surface area contributed by atoms with Crippen molar-refractivity contribution < 1.29 is 4.39 Å². The van der Waals surface area contributed by atoms with Crippen molar-refractivity contribution >= 4 is 0 Å². The van der Waals surface area contributed by atoms with Crippen molar-refractivity contribution in [3.05, 3.63) is 35.6 Å². The summed E-state index contributed by atoms with van der Waals surface area (Å²) in [4.78, 5) is 0. The molecule has 0 aromatic heterocycles. The van der Waals surface area contributed by atoms with Crippen molar-refractivity contribution in [3.63, 3.8) is 0 Å². The Bertz CT molecular complexity index is 273. The second kappa shape index (κ2) is 5.76. The Morgan fingerprint density at radius 2 is 2.21 bits per heavy atom. The summed E-state index contributed by atoms with van der Waals surface area (Å²) in [5.41, 5.74) is 1.09. The van der Waals surface area contributed by atoms with Gasteiger partial charge in [-0.3, -0.25) is 0 Å². The molecule has 14 heavy (non-hydrogen) atoms. The Kier molecular flexibility index (Phi) is 4.60. The van der Waals surface area contributed by atoms with Crippen LogP contribution in [0.1, 0.15) is 18.9 Å². The molecular formula is C12H18FN. The van der Waals surface area contributed by atoms with Crippen LogP contribution < -0.4 is 5.32 Å². The lowest BCUT2D eigenvalue weighted by Gasteiger charge is -2.10. The molecule has 0 aliphatic carbocycles. The smallest absolute Gasteiger partial charge is 0.123 e. The largest absolute Gasteiger partial charge is 0.320 e. The van der Waals surface area contributed by atoms with Crippen LogP contribution in [0.3, 0.4) is 0 Å². The van der Waals surface area contributed by atoms with Crippen LogP contribution in [0.2, 0.25) is 0 Å². The molecule has 1 rings (SSSR count). The molecule has 0 amide bonds. The number of halogens is 1. The van der Waals surface area contributed by atoms with Gasteiger partial charge in [-0.25, -0.2) is 4.39 Å². The molecule has 1 atom stereocenters. The highest BCUT2D eigenvalue weighted by Crippen LogP contribution is 2.12. The lowest BCUT2D eigenvalue weighted by atomic mass is 9.98. The number of hydrogen-bond acceptors (Lipinski definition) is 1. The van der Waals surface area contributed by atoms with E-state index in [1.807, 2.05) is 13.1 Å². The zero-order valence-corrected chi connectivity index (χ0v) is 8.89. The predicted octanol–water partition coefficient (Wildman–Crippen LogP) is 2.61. The fourth-order valence-electron chi connectivity index (χ4n) is 1.56. The molecule has 2 heteroatoms. The molecule has 0 saturated heterocycles. The topological polar surface area (TPSA) is 12.0 Å². The average molecular weight is 195 g/mol. The van der Waals surface area contributed by atoms with E-state index in [-0.39, 0.29) is 5.82 Å². The summed E-state index contributed by atoms with van der Waals surface area (Å²) < 4.78 is 12.9. The average Bonchev–Trinajstić information content (AvgIpc) is 2.15. The van der Waals surface area contributed by atoms with Gasteiger partial charge in [-0.15, -0.1) is 0 Å². The van der Waals surface area contributed by atoms with Crippen molar-refractivity contribution in [2.45, 2.75) is 19.8 Å². The van der Waals surface area contributed by atoms with Crippen molar-refractivity contribution in [2.75, 3.05) is 13.6 Å². The Morgan fingerprint density at radius 3 is 2.86 bits per heavy atom. The highest BCUT2D eigenvalue weighted by Gasteiger charge is 2.03. The maximum absolute atomic E-state index is 12.9. The summed E-state index contributed by atoms with van der Waals surface area (Å²) in [7, 11) is 1.95. The second-order valence-electron chi connectivity index (χ2n) is 3.83. The maximum atomic E-state index is 12.9. The molecule has 0 spiro atoms. The van der Waals surface area contributed by atoms with E-state index >= 15 is 0 Å². The Labute approximate surface area is 85.3 Å². The molecule has 0 bridgehead atoms. The zero-order valence-electron chi connectivity index (χ0n) is 8.89. The van der Waals surface area contributed by atoms with Crippen LogP contribution in [0, 0.1) is 11.7 Å². The van der Waals surface area contributed by atoms with E-state index in [9.17, 15) is 4.39 Å². The molecule has 1 aromatic rings. The molecule has 0 radical (unpaired) electrons. The minimum absolute atomic E-state index is 0.136. The van der Waals surface area contributed by atoms with Crippen LogP contribution in [0.4, 0.5) is 4.39 Å². The van der Waals surface area contributed by atoms with Gasteiger partial charge in [0, 0.05) is 0 Å². The normalized spacial score (nSPS) is 12.8. The molecule has 0 aliphatic rings. The fourth-order valence-corrected chi connectivity index (χ4v) is 1.56. The number of hydrogen-bond donors (Lipinski definition) is 1. The van der Waals surface area contributed by atoms with Gasteiger partial charge < -0.3 is 5.32 Å². The van der Waals surface area contributed by atoms with Crippen molar-refractivity contribution in [3.8, 4) is 0 Å². The van der Waals surface area contributed by atoms with Gasteiger partial charge in [0.05, 0.1) is 0 Å². The van der Waals surface area contributed by atoms with E-state index in [0.29, 0.717) is 5.92 Å². The third-order valence-electron chi connectivity index (χ3n) is 2.36. The second-order valence-corrected chi connectivity index (χ2v) is 3.83. The lowest BCUT2D eigenvalue weighted by Crippen LogP contribution is -2.12. The first-order valence-corrected chi connectivity index (χ1v) is 5.11. The quantitative estimate of drug-likeness (QED) is 0.761. The van der Waals surface area contributed by atoms with Gasteiger partial charge in [0.2, 0.25) is 0 Å². The first kappa shape index (κ1) is 11.2. The van der Waals surface area contributed by atoms with Crippen molar-refractivity contribution in [1.29, 1.82) is 0 Å². The molecule has 1 nitrogen and oxygen atoms in total. The van der Waals surface area contributed by atoms with Gasteiger partial charge in [-0.2, -0.15) is 0 Å². The van der Waals surface area contributed by atoms with Gasteiger partial charge in [0.25, 0.3) is 0 Å². The molecule has 1 N–H and O–H groups in total. The van der Waals surface area contributed by atoms with Crippen LogP contribution in [-0.2, 0) is 6.42 Å². The van der Waals surface area contributed by atoms with E-state index in [1.165, 1.54) is 6.07 Å². The molecule has 0 aliphatic heterocycles. The highest BCUT2D eigenvalue weighted by molar-refractivity contribution is 5.16. The van der Waals surface area contributed by atoms with E-state index < -0.39 is 0 Å². The summed E-state index contributed by atoms with van der Waals surface area (Å²) in [6, 6.07) is 6.87. The summed E-state index contributed by atoms with van der Waals surface area (Å²) in [6.45, 7) is 3.22. The standard InChI is InChI=1S/C12H18FN/c1-10(6-7-14-2)8-11-4-3-5-12(13)9-11/h3-5,9-10,14H,6-8H2,1-2H3. The van der Waals surface area contributed by atoms with Gasteiger partial charge in [-0.05, 0) is 50.0 Å². The minimum atomic E-state index is -0.136. The van der Waals surface area contributed by atoms with Crippen LogP contribution in [0.25, 0.3) is 0 Å². The summed E-state index contributed by atoms with van der Waals surface area (Å²) in [5.74, 6) is 0.465. The Balaban J connectivity index is 2.43. The monoisotopic (exact) mass is 195 g/mol. The van der Waals surface area contributed by atoms with Crippen molar-refractivity contribution in [1.82, 2.24) is 5.32 Å². The molecule has 0 saturated carbocycles. The SMILES string of the molecule is CNCCC(C)Cc1cccc(F)c1. The van der Waals surface area contributed by atoms with Crippen LogP contribution in [-0.4, -0.2) is 13.6 Å². The van der Waals surface area contributed by atoms with E-state index in [1.54, 1.807) is 12.1 Å². The molecule has 0 fully saturated rings. The Hall–Kier alpha value is -0.890. The van der Waals surface area contributed by atoms with Crippen LogP contribution in [0.5, 0.6) is 0 Å². The number of rotatable bonds is 5. The molecule has 0 heterocycles. The van der Waals surface area contributed by atoms with Gasteiger partial charge in [0.15, 0.2) is 0 Å². The van der Waals surface area contributed by atoms with Gasteiger partial charge in [0.1, 0.15) is 5.82 Å². The number of benzene rings is 1. The van der Waals surface area contributed by atoms with Gasteiger partial charge in [-0.1, -0.05) is 19.1 Å². The molecule has 1 aromatic carbocycles. The fraction of sp³-hybridized carbons (Fsp3) is 0.500. The van der Waals surface area contributed by atoms with Gasteiger partial charge >= 0.3 is 0 Å². The highest BCUT2D eigenvalue weighted by atomic mass is 19.1. The molecular weight excluding hydrogens is 177 g/mol. The Morgan fingerprint density at radius 1 is 1.43 bits per heavy atom. The predicted molar refractivity (Wildman–Crippen MR) is 57.8 cm³/mol. The minimum Gasteiger partial charge on any atom is -0.320 e. The first-order chi connectivity index (χ1) is 6.72.